The quantitative estimate of drug-likeness (QED) is 0.677. The maximum absolute atomic E-state index is 13.2. The zero-order valence-electron chi connectivity index (χ0n) is 16.1. The van der Waals surface area contributed by atoms with Crippen molar-refractivity contribution in [2.45, 2.75) is 19.1 Å². The summed E-state index contributed by atoms with van der Waals surface area (Å²) in [6, 6.07) is 13.2. The van der Waals surface area contributed by atoms with Gasteiger partial charge in [-0.25, -0.2) is 4.68 Å². The van der Waals surface area contributed by atoms with Crippen LogP contribution in [0.4, 0.5) is 18.9 Å². The molecular weight excluding hydrogens is 399 g/mol. The summed E-state index contributed by atoms with van der Waals surface area (Å²) < 4.78 is 45.5. The molecule has 0 fully saturated rings. The Bertz CT molecular complexity index is 1110. The van der Waals surface area contributed by atoms with E-state index in [-0.39, 0.29) is 5.69 Å². The minimum atomic E-state index is -4.63. The lowest BCUT2D eigenvalue weighted by Gasteiger charge is -2.17. The molecule has 0 aliphatic rings. The molecule has 1 heterocycles. The van der Waals surface area contributed by atoms with Gasteiger partial charge in [-0.15, -0.1) is 0 Å². The number of para-hydroxylation sites is 1. The number of carbonyl (C=O) groups excluding carboxylic acids is 1. The molecule has 3 rings (SSSR count). The van der Waals surface area contributed by atoms with E-state index in [0.29, 0.717) is 17.0 Å². The van der Waals surface area contributed by atoms with Gasteiger partial charge in [0.25, 0.3) is 5.56 Å². The van der Waals surface area contributed by atoms with Gasteiger partial charge in [-0.3, -0.25) is 9.59 Å². The Balaban J connectivity index is 1.89. The van der Waals surface area contributed by atoms with E-state index in [4.69, 9.17) is 4.74 Å². The first-order valence-corrected chi connectivity index (χ1v) is 8.92. The Morgan fingerprint density at radius 1 is 1.07 bits per heavy atom. The molecule has 0 saturated heterocycles. The average molecular weight is 417 g/mol. The smallest absolute Gasteiger partial charge is 0.418 e. The molecule has 156 valence electrons. The summed E-state index contributed by atoms with van der Waals surface area (Å²) in [4.78, 5) is 24.8. The number of aromatic nitrogens is 2. The normalized spacial score (nSPS) is 12.3. The van der Waals surface area contributed by atoms with Crippen molar-refractivity contribution in [3.8, 4) is 17.0 Å². The molecule has 6 nitrogen and oxygen atoms in total. The molecule has 1 amide bonds. The zero-order chi connectivity index (χ0) is 21.9. The highest BCUT2D eigenvalue weighted by Crippen LogP contribution is 2.34. The highest BCUT2D eigenvalue weighted by atomic mass is 19.4. The first-order valence-electron chi connectivity index (χ1n) is 8.92. The van der Waals surface area contributed by atoms with Gasteiger partial charge in [-0.1, -0.05) is 12.1 Å². The number of nitrogens with one attached hydrogen (secondary N) is 1. The van der Waals surface area contributed by atoms with Crippen LogP contribution in [0.5, 0.6) is 5.75 Å². The standard InChI is InChI=1S/C21H18F3N3O3/c1-13(20(29)25-18-6-4-3-5-16(18)21(22,23)24)27-19(28)12-11-17(26-27)14-7-9-15(30-2)10-8-14/h3-13H,1-2H3,(H,25,29). The van der Waals surface area contributed by atoms with Gasteiger partial charge in [0.15, 0.2) is 0 Å². The summed E-state index contributed by atoms with van der Waals surface area (Å²) >= 11 is 0. The monoisotopic (exact) mass is 417 g/mol. The molecule has 1 unspecified atom stereocenters. The maximum Gasteiger partial charge on any atom is 0.418 e. The third-order valence-corrected chi connectivity index (χ3v) is 4.45. The van der Waals surface area contributed by atoms with Crippen molar-refractivity contribution < 1.29 is 22.7 Å². The molecule has 0 saturated carbocycles. The highest BCUT2D eigenvalue weighted by molar-refractivity contribution is 5.94. The molecule has 0 aliphatic heterocycles. The molecule has 1 atom stereocenters. The van der Waals surface area contributed by atoms with Gasteiger partial charge in [0.1, 0.15) is 11.8 Å². The summed E-state index contributed by atoms with van der Waals surface area (Å²) in [6.45, 7) is 1.39. The second-order valence-electron chi connectivity index (χ2n) is 6.44. The van der Waals surface area contributed by atoms with Gasteiger partial charge in [0.05, 0.1) is 24.1 Å². The predicted octanol–water partition coefficient (Wildman–Crippen LogP) is 4.14. The lowest BCUT2D eigenvalue weighted by atomic mass is 10.1. The SMILES string of the molecule is COc1ccc(-c2ccc(=O)n(C(C)C(=O)Nc3ccccc3C(F)(F)F)n2)cc1. The fourth-order valence-electron chi connectivity index (χ4n) is 2.81. The van der Waals surface area contributed by atoms with Crippen molar-refractivity contribution in [1.29, 1.82) is 0 Å². The summed E-state index contributed by atoms with van der Waals surface area (Å²) in [5, 5.41) is 6.45. The van der Waals surface area contributed by atoms with Crippen LogP contribution in [-0.4, -0.2) is 22.8 Å². The van der Waals surface area contributed by atoms with Crippen molar-refractivity contribution in [1.82, 2.24) is 9.78 Å². The van der Waals surface area contributed by atoms with Crippen LogP contribution in [0.2, 0.25) is 0 Å². The number of rotatable bonds is 5. The second kappa shape index (κ2) is 8.40. The summed E-state index contributed by atoms with van der Waals surface area (Å²) in [7, 11) is 1.53. The molecule has 0 aliphatic carbocycles. The van der Waals surface area contributed by atoms with Crippen LogP contribution in [0.1, 0.15) is 18.5 Å². The summed E-state index contributed by atoms with van der Waals surface area (Å²) in [6.07, 6.45) is -4.63. The fourth-order valence-corrected chi connectivity index (χ4v) is 2.81. The lowest BCUT2D eigenvalue weighted by Crippen LogP contribution is -2.33. The van der Waals surface area contributed by atoms with Gasteiger partial charge in [-0.2, -0.15) is 18.3 Å². The van der Waals surface area contributed by atoms with Crippen molar-refractivity contribution in [3.63, 3.8) is 0 Å². The Morgan fingerprint density at radius 2 is 1.73 bits per heavy atom. The molecule has 2 aromatic carbocycles. The van der Waals surface area contributed by atoms with E-state index < -0.39 is 29.2 Å². The lowest BCUT2D eigenvalue weighted by molar-refractivity contribution is -0.137. The number of hydrogen-bond acceptors (Lipinski definition) is 4. The van der Waals surface area contributed by atoms with Crippen LogP contribution in [0.3, 0.4) is 0 Å². The maximum atomic E-state index is 13.2. The number of methoxy groups -OCH3 is 1. The molecule has 0 spiro atoms. The van der Waals surface area contributed by atoms with E-state index in [1.54, 1.807) is 24.3 Å². The number of nitrogens with zero attached hydrogens (tertiary/aromatic N) is 2. The van der Waals surface area contributed by atoms with Crippen molar-refractivity contribution >= 4 is 11.6 Å². The van der Waals surface area contributed by atoms with E-state index >= 15 is 0 Å². The Labute approximate surface area is 169 Å². The molecule has 30 heavy (non-hydrogen) atoms. The zero-order valence-corrected chi connectivity index (χ0v) is 16.1. The van der Waals surface area contributed by atoms with Crippen LogP contribution < -0.4 is 15.6 Å². The van der Waals surface area contributed by atoms with Crippen LogP contribution >= 0.6 is 0 Å². The van der Waals surface area contributed by atoms with Gasteiger partial charge < -0.3 is 10.1 Å². The average Bonchev–Trinajstić information content (AvgIpc) is 2.73. The summed E-state index contributed by atoms with van der Waals surface area (Å²) in [5.41, 5.74) is -0.815. The molecule has 1 aromatic heterocycles. The number of halogens is 3. The molecule has 3 aromatic rings. The highest BCUT2D eigenvalue weighted by Gasteiger charge is 2.34. The minimum absolute atomic E-state index is 0.388. The molecule has 0 bridgehead atoms. The number of hydrogen-bond donors (Lipinski definition) is 1. The van der Waals surface area contributed by atoms with E-state index in [2.05, 4.69) is 10.4 Å². The molecule has 1 N–H and O–H groups in total. The number of amides is 1. The van der Waals surface area contributed by atoms with Gasteiger partial charge in [0, 0.05) is 11.6 Å². The molecule has 9 heteroatoms. The van der Waals surface area contributed by atoms with Crippen LogP contribution in [0.15, 0.2) is 65.5 Å². The van der Waals surface area contributed by atoms with Crippen LogP contribution in [-0.2, 0) is 11.0 Å². The molecular formula is C21H18F3N3O3. The van der Waals surface area contributed by atoms with Crippen LogP contribution in [0.25, 0.3) is 11.3 Å². The number of alkyl halides is 3. The first kappa shape index (κ1) is 21.1. The first-order chi connectivity index (χ1) is 14.2. The topological polar surface area (TPSA) is 73.2 Å². The van der Waals surface area contributed by atoms with E-state index in [9.17, 15) is 22.8 Å². The van der Waals surface area contributed by atoms with Crippen LogP contribution in [0, 0.1) is 0 Å². The van der Waals surface area contributed by atoms with Gasteiger partial charge >= 0.3 is 6.18 Å². The number of carbonyl (C=O) groups is 1. The van der Waals surface area contributed by atoms with Gasteiger partial charge in [-0.05, 0) is 49.4 Å². The van der Waals surface area contributed by atoms with E-state index in [1.807, 2.05) is 0 Å². The Kier molecular flexibility index (Phi) is 5.91. The second-order valence-corrected chi connectivity index (χ2v) is 6.44. The van der Waals surface area contributed by atoms with E-state index in [0.717, 1.165) is 16.8 Å². The fraction of sp³-hybridized carbons (Fsp3) is 0.190. The Hall–Kier alpha value is -3.62. The minimum Gasteiger partial charge on any atom is -0.497 e. The number of ether oxygens (including phenoxy) is 1. The largest absolute Gasteiger partial charge is 0.497 e. The third kappa shape index (κ3) is 4.51. The predicted molar refractivity (Wildman–Crippen MR) is 105 cm³/mol. The van der Waals surface area contributed by atoms with Gasteiger partial charge in [0.2, 0.25) is 5.91 Å². The molecule has 0 radical (unpaired) electrons. The van der Waals surface area contributed by atoms with Crippen molar-refractivity contribution in [2.75, 3.05) is 12.4 Å². The van der Waals surface area contributed by atoms with Crippen molar-refractivity contribution in [2.24, 2.45) is 0 Å². The van der Waals surface area contributed by atoms with E-state index in [1.165, 1.54) is 38.3 Å². The number of benzene rings is 2. The third-order valence-electron chi connectivity index (χ3n) is 4.45. The Morgan fingerprint density at radius 3 is 2.37 bits per heavy atom. The summed E-state index contributed by atoms with van der Waals surface area (Å²) in [5.74, 6) is -0.156. The number of anilines is 1. The van der Waals surface area contributed by atoms with Crippen molar-refractivity contribution in [3.05, 3.63) is 76.6 Å².